The summed E-state index contributed by atoms with van der Waals surface area (Å²) in [5.74, 6) is 2.03. The predicted molar refractivity (Wildman–Crippen MR) is 74.8 cm³/mol. The van der Waals surface area contributed by atoms with Crippen LogP contribution in [0.4, 0.5) is 5.82 Å². The van der Waals surface area contributed by atoms with E-state index in [9.17, 15) is 0 Å². The smallest absolute Gasteiger partial charge is 0.162 e. The van der Waals surface area contributed by atoms with E-state index in [0.29, 0.717) is 18.3 Å². The van der Waals surface area contributed by atoms with E-state index < -0.39 is 0 Å². The van der Waals surface area contributed by atoms with Crippen LogP contribution in [0.1, 0.15) is 69.3 Å². The molecule has 0 atom stereocenters. The van der Waals surface area contributed by atoms with E-state index >= 15 is 0 Å². The van der Waals surface area contributed by atoms with Gasteiger partial charge < -0.3 is 10.5 Å². The summed E-state index contributed by atoms with van der Waals surface area (Å²) in [6, 6.07) is 1.93. The van der Waals surface area contributed by atoms with Gasteiger partial charge in [0.05, 0.1) is 0 Å². The number of nitrogens with two attached hydrogens (primary N) is 1. The average Bonchev–Trinajstić information content (AvgIpc) is 3.24. The fraction of sp³-hybridized carbons (Fsp3) is 0.733. The lowest BCUT2D eigenvalue weighted by atomic mass is 9.83. The first-order valence-corrected chi connectivity index (χ1v) is 7.52. The molecule has 2 saturated carbocycles. The Kier molecular flexibility index (Phi) is 3.44. The molecule has 0 radical (unpaired) electrons. The molecule has 19 heavy (non-hydrogen) atoms. The lowest BCUT2D eigenvalue weighted by Gasteiger charge is -2.35. The molecule has 0 spiro atoms. The van der Waals surface area contributed by atoms with Crippen molar-refractivity contribution < 1.29 is 4.74 Å². The first-order chi connectivity index (χ1) is 9.23. The van der Waals surface area contributed by atoms with Crippen LogP contribution in [-0.2, 0) is 10.3 Å². The molecule has 2 aliphatic rings. The summed E-state index contributed by atoms with van der Waals surface area (Å²) in [6.45, 7) is 2.75. The lowest BCUT2D eigenvalue weighted by Crippen LogP contribution is -2.35. The van der Waals surface area contributed by atoms with Gasteiger partial charge in [-0.15, -0.1) is 0 Å². The number of ether oxygens (including phenoxy) is 1. The summed E-state index contributed by atoms with van der Waals surface area (Å²) < 4.78 is 6.09. The second kappa shape index (κ2) is 5.08. The summed E-state index contributed by atoms with van der Waals surface area (Å²) in [6.07, 6.45) is 8.18. The minimum absolute atomic E-state index is 0.286. The number of hydrogen-bond acceptors (Lipinski definition) is 4. The maximum Gasteiger partial charge on any atom is 0.162 e. The third-order valence-electron chi connectivity index (χ3n) is 4.25. The van der Waals surface area contributed by atoms with Crippen LogP contribution in [0.25, 0.3) is 0 Å². The molecule has 1 heterocycles. The van der Waals surface area contributed by atoms with Crippen molar-refractivity contribution in [2.24, 2.45) is 0 Å². The molecule has 0 bridgehead atoms. The molecule has 104 valence electrons. The summed E-state index contributed by atoms with van der Waals surface area (Å²) in [5, 5.41) is 0. The van der Waals surface area contributed by atoms with Gasteiger partial charge in [-0.25, -0.2) is 9.97 Å². The molecule has 0 aliphatic heterocycles. The van der Waals surface area contributed by atoms with Crippen LogP contribution < -0.4 is 5.73 Å². The van der Waals surface area contributed by atoms with Gasteiger partial charge in [0, 0.05) is 24.3 Å². The van der Waals surface area contributed by atoms with Crippen LogP contribution in [0, 0.1) is 0 Å². The molecule has 1 aromatic rings. The normalized spacial score (nSPS) is 22.4. The Bertz CT molecular complexity index is 445. The van der Waals surface area contributed by atoms with E-state index in [0.717, 1.165) is 24.4 Å². The number of hydrogen-bond donors (Lipinski definition) is 1. The quantitative estimate of drug-likeness (QED) is 0.904. The molecule has 2 N–H and O–H groups in total. The molecule has 0 saturated heterocycles. The standard InChI is InChI=1S/C15H23N3O/c1-2-19-15(8-4-3-5-9-15)14-17-12(11-6-7-11)10-13(16)18-14/h10-11H,2-9H2,1H3,(H2,16,17,18). The molecule has 2 aliphatic carbocycles. The van der Waals surface area contributed by atoms with Crippen molar-refractivity contribution in [3.8, 4) is 0 Å². The third-order valence-corrected chi connectivity index (χ3v) is 4.25. The van der Waals surface area contributed by atoms with E-state index in [1.54, 1.807) is 0 Å². The maximum absolute atomic E-state index is 6.09. The van der Waals surface area contributed by atoms with E-state index in [4.69, 9.17) is 15.5 Å². The third kappa shape index (κ3) is 2.59. The van der Waals surface area contributed by atoms with Gasteiger partial charge >= 0.3 is 0 Å². The summed E-state index contributed by atoms with van der Waals surface area (Å²) in [4.78, 5) is 9.29. The number of nitrogens with zero attached hydrogens (tertiary/aromatic N) is 2. The summed E-state index contributed by atoms with van der Waals surface area (Å²) >= 11 is 0. The highest BCUT2D eigenvalue weighted by atomic mass is 16.5. The number of nitrogen functional groups attached to an aromatic ring is 1. The van der Waals surface area contributed by atoms with Crippen LogP contribution in [-0.4, -0.2) is 16.6 Å². The van der Waals surface area contributed by atoms with Crippen LogP contribution in [0.2, 0.25) is 0 Å². The van der Waals surface area contributed by atoms with Crippen LogP contribution >= 0.6 is 0 Å². The molecule has 0 aromatic carbocycles. The van der Waals surface area contributed by atoms with Gasteiger partial charge in [-0.1, -0.05) is 19.3 Å². The first kappa shape index (κ1) is 12.9. The fourth-order valence-corrected chi connectivity index (χ4v) is 3.11. The second-order valence-electron chi connectivity index (χ2n) is 5.80. The molecule has 0 amide bonds. The van der Waals surface area contributed by atoms with Crippen molar-refractivity contribution in [3.63, 3.8) is 0 Å². The zero-order chi connectivity index (χ0) is 13.3. The Morgan fingerprint density at radius 3 is 2.63 bits per heavy atom. The Morgan fingerprint density at radius 2 is 2.00 bits per heavy atom. The maximum atomic E-state index is 6.09. The van der Waals surface area contributed by atoms with E-state index in [-0.39, 0.29) is 5.60 Å². The predicted octanol–water partition coefficient (Wildman–Crippen LogP) is 3.13. The highest BCUT2D eigenvalue weighted by Gasteiger charge is 2.38. The van der Waals surface area contributed by atoms with Crippen molar-refractivity contribution in [1.29, 1.82) is 0 Å². The van der Waals surface area contributed by atoms with Crippen molar-refractivity contribution in [2.75, 3.05) is 12.3 Å². The Hall–Kier alpha value is -1.16. The summed E-state index contributed by atoms with van der Waals surface area (Å²) in [7, 11) is 0. The Morgan fingerprint density at radius 1 is 1.26 bits per heavy atom. The SMILES string of the molecule is CCOC1(c2nc(N)cc(C3CC3)n2)CCCCC1. The molecule has 4 heteroatoms. The zero-order valence-electron chi connectivity index (χ0n) is 11.7. The molecule has 2 fully saturated rings. The first-order valence-electron chi connectivity index (χ1n) is 7.52. The Balaban J connectivity index is 1.96. The molecule has 3 rings (SSSR count). The van der Waals surface area contributed by atoms with Crippen LogP contribution in [0.15, 0.2) is 6.07 Å². The van der Waals surface area contributed by atoms with Gasteiger partial charge in [0.25, 0.3) is 0 Å². The lowest BCUT2D eigenvalue weighted by molar-refractivity contribution is -0.0767. The topological polar surface area (TPSA) is 61.0 Å². The van der Waals surface area contributed by atoms with Crippen molar-refractivity contribution >= 4 is 5.82 Å². The van der Waals surface area contributed by atoms with Gasteiger partial charge in [-0.3, -0.25) is 0 Å². The highest BCUT2D eigenvalue weighted by Crippen LogP contribution is 2.42. The highest BCUT2D eigenvalue weighted by molar-refractivity contribution is 5.34. The van der Waals surface area contributed by atoms with Gasteiger partial charge in [0.15, 0.2) is 5.82 Å². The van der Waals surface area contributed by atoms with Crippen LogP contribution in [0.5, 0.6) is 0 Å². The monoisotopic (exact) mass is 261 g/mol. The van der Waals surface area contributed by atoms with Gasteiger partial charge in [0.2, 0.25) is 0 Å². The van der Waals surface area contributed by atoms with Gasteiger partial charge in [-0.05, 0) is 32.6 Å². The van der Waals surface area contributed by atoms with Crippen LogP contribution in [0.3, 0.4) is 0 Å². The molecule has 1 aromatic heterocycles. The minimum atomic E-state index is -0.286. The molecule has 4 nitrogen and oxygen atoms in total. The van der Waals surface area contributed by atoms with Crippen molar-refractivity contribution in [3.05, 3.63) is 17.6 Å². The van der Waals surface area contributed by atoms with E-state index in [2.05, 4.69) is 4.98 Å². The minimum Gasteiger partial charge on any atom is -0.384 e. The summed E-state index contributed by atoms with van der Waals surface area (Å²) in [5.41, 5.74) is 6.81. The molecule has 0 unspecified atom stereocenters. The Labute approximate surface area is 114 Å². The second-order valence-corrected chi connectivity index (χ2v) is 5.80. The molecular formula is C15H23N3O. The van der Waals surface area contributed by atoms with Crippen molar-refractivity contribution in [1.82, 2.24) is 9.97 Å². The van der Waals surface area contributed by atoms with Gasteiger partial charge in [-0.2, -0.15) is 0 Å². The van der Waals surface area contributed by atoms with Gasteiger partial charge in [0.1, 0.15) is 11.4 Å². The molecular weight excluding hydrogens is 238 g/mol. The fourth-order valence-electron chi connectivity index (χ4n) is 3.11. The van der Waals surface area contributed by atoms with Crippen molar-refractivity contribution in [2.45, 2.75) is 63.4 Å². The number of anilines is 1. The van der Waals surface area contributed by atoms with E-state index in [1.165, 1.54) is 32.1 Å². The number of aromatic nitrogens is 2. The number of rotatable bonds is 4. The van der Waals surface area contributed by atoms with E-state index in [1.807, 2.05) is 13.0 Å². The average molecular weight is 261 g/mol. The largest absolute Gasteiger partial charge is 0.384 e. The zero-order valence-corrected chi connectivity index (χ0v) is 11.7.